The molecule has 1 heterocycles. The minimum Gasteiger partial charge on any atom is -0.296 e. The lowest BCUT2D eigenvalue weighted by molar-refractivity contribution is 0.111. The van der Waals surface area contributed by atoms with Gasteiger partial charge in [0.1, 0.15) is 14.9 Å². The Kier molecular flexibility index (Phi) is 2.50. The molecular formula is C5H2Br2N2O. The SMILES string of the molecule is O=Cc1ncc(Br)nc1Br. The molecule has 1 aromatic heterocycles. The highest BCUT2D eigenvalue weighted by molar-refractivity contribution is 9.11. The van der Waals surface area contributed by atoms with Gasteiger partial charge in [-0.3, -0.25) is 4.79 Å². The van der Waals surface area contributed by atoms with E-state index in [1.807, 2.05) is 0 Å². The summed E-state index contributed by atoms with van der Waals surface area (Å²) in [6.07, 6.45) is 2.11. The van der Waals surface area contributed by atoms with Crippen molar-refractivity contribution in [2.24, 2.45) is 0 Å². The van der Waals surface area contributed by atoms with Gasteiger partial charge in [0.05, 0.1) is 6.20 Å². The number of aromatic nitrogens is 2. The van der Waals surface area contributed by atoms with Gasteiger partial charge in [-0.1, -0.05) is 0 Å². The summed E-state index contributed by atoms with van der Waals surface area (Å²) in [6.45, 7) is 0. The monoisotopic (exact) mass is 264 g/mol. The molecule has 0 bridgehead atoms. The second-order valence-electron chi connectivity index (χ2n) is 1.49. The second kappa shape index (κ2) is 3.21. The van der Waals surface area contributed by atoms with Gasteiger partial charge in [-0.05, 0) is 31.9 Å². The summed E-state index contributed by atoms with van der Waals surface area (Å²) in [5.74, 6) is 0. The van der Waals surface area contributed by atoms with Gasteiger partial charge in [-0.2, -0.15) is 0 Å². The minimum absolute atomic E-state index is 0.309. The van der Waals surface area contributed by atoms with E-state index in [0.29, 0.717) is 21.2 Å². The van der Waals surface area contributed by atoms with Crippen LogP contribution in [0, 0.1) is 0 Å². The summed E-state index contributed by atoms with van der Waals surface area (Å²) in [7, 11) is 0. The fraction of sp³-hybridized carbons (Fsp3) is 0. The third-order valence-corrected chi connectivity index (χ3v) is 1.80. The molecule has 0 fully saturated rings. The lowest BCUT2D eigenvalue weighted by Crippen LogP contribution is -1.91. The molecule has 0 saturated heterocycles. The normalized spacial score (nSPS) is 9.40. The van der Waals surface area contributed by atoms with E-state index in [9.17, 15) is 4.79 Å². The van der Waals surface area contributed by atoms with Crippen LogP contribution < -0.4 is 0 Å². The van der Waals surface area contributed by atoms with Gasteiger partial charge in [0.25, 0.3) is 0 Å². The molecule has 0 aliphatic rings. The average molecular weight is 266 g/mol. The van der Waals surface area contributed by atoms with Crippen LogP contribution in [-0.2, 0) is 0 Å². The number of carbonyl (C=O) groups is 1. The van der Waals surface area contributed by atoms with Gasteiger partial charge in [-0.25, -0.2) is 9.97 Å². The van der Waals surface area contributed by atoms with E-state index in [2.05, 4.69) is 41.8 Å². The highest BCUT2D eigenvalue weighted by Gasteiger charge is 2.00. The molecule has 52 valence electrons. The molecule has 0 saturated carbocycles. The number of aldehydes is 1. The highest BCUT2D eigenvalue weighted by Crippen LogP contribution is 2.12. The summed E-state index contributed by atoms with van der Waals surface area (Å²) < 4.78 is 1.06. The van der Waals surface area contributed by atoms with Crippen LogP contribution in [0.3, 0.4) is 0 Å². The van der Waals surface area contributed by atoms with E-state index in [1.165, 1.54) is 6.20 Å². The fourth-order valence-corrected chi connectivity index (χ4v) is 1.34. The maximum Gasteiger partial charge on any atom is 0.171 e. The quantitative estimate of drug-likeness (QED) is 0.728. The Balaban J connectivity index is 3.19. The van der Waals surface area contributed by atoms with Crippen molar-refractivity contribution < 1.29 is 4.79 Å². The minimum atomic E-state index is 0.309. The Bertz CT molecular complexity index is 264. The topological polar surface area (TPSA) is 42.9 Å². The summed E-state index contributed by atoms with van der Waals surface area (Å²) in [5, 5.41) is 0. The number of halogens is 2. The van der Waals surface area contributed by atoms with Crippen LogP contribution in [0.2, 0.25) is 0 Å². The van der Waals surface area contributed by atoms with Gasteiger partial charge in [0.15, 0.2) is 6.29 Å². The van der Waals surface area contributed by atoms with E-state index in [4.69, 9.17) is 0 Å². The number of hydrogen-bond donors (Lipinski definition) is 0. The summed E-state index contributed by atoms with van der Waals surface area (Å²) in [5.41, 5.74) is 0.309. The zero-order chi connectivity index (χ0) is 7.56. The van der Waals surface area contributed by atoms with E-state index in [-0.39, 0.29) is 0 Å². The molecule has 0 spiro atoms. The largest absolute Gasteiger partial charge is 0.296 e. The van der Waals surface area contributed by atoms with Gasteiger partial charge in [-0.15, -0.1) is 0 Å². The van der Waals surface area contributed by atoms with Crippen LogP contribution >= 0.6 is 31.9 Å². The van der Waals surface area contributed by atoms with Gasteiger partial charge < -0.3 is 0 Å². The Labute approximate surface area is 74.1 Å². The maximum absolute atomic E-state index is 10.2. The van der Waals surface area contributed by atoms with Crippen LogP contribution in [0.1, 0.15) is 10.5 Å². The van der Waals surface area contributed by atoms with Crippen molar-refractivity contribution in [3.05, 3.63) is 21.1 Å². The third kappa shape index (κ3) is 1.60. The van der Waals surface area contributed by atoms with Crippen molar-refractivity contribution in [3.8, 4) is 0 Å². The molecule has 5 heteroatoms. The van der Waals surface area contributed by atoms with E-state index in [1.54, 1.807) is 0 Å². The summed E-state index contributed by atoms with van der Waals surface area (Å²) in [4.78, 5) is 17.8. The van der Waals surface area contributed by atoms with Crippen LogP contribution in [0.25, 0.3) is 0 Å². The van der Waals surface area contributed by atoms with E-state index in [0.717, 1.165) is 0 Å². The lowest BCUT2D eigenvalue weighted by atomic mass is 10.5. The predicted molar refractivity (Wildman–Crippen MR) is 42.8 cm³/mol. The first kappa shape index (κ1) is 7.81. The van der Waals surface area contributed by atoms with Crippen molar-refractivity contribution in [1.82, 2.24) is 9.97 Å². The molecule has 0 N–H and O–H groups in total. The maximum atomic E-state index is 10.2. The highest BCUT2D eigenvalue weighted by atomic mass is 79.9. The van der Waals surface area contributed by atoms with Crippen LogP contribution in [0.5, 0.6) is 0 Å². The molecule has 1 rings (SSSR count). The lowest BCUT2D eigenvalue weighted by Gasteiger charge is -1.92. The van der Waals surface area contributed by atoms with Gasteiger partial charge in [0, 0.05) is 0 Å². The summed E-state index contributed by atoms with van der Waals surface area (Å²) in [6, 6.07) is 0. The van der Waals surface area contributed by atoms with E-state index < -0.39 is 0 Å². The first-order chi connectivity index (χ1) is 4.74. The van der Waals surface area contributed by atoms with Crippen molar-refractivity contribution in [1.29, 1.82) is 0 Å². The fourth-order valence-electron chi connectivity index (χ4n) is 0.435. The van der Waals surface area contributed by atoms with Crippen molar-refractivity contribution in [3.63, 3.8) is 0 Å². The van der Waals surface area contributed by atoms with Crippen molar-refractivity contribution in [2.45, 2.75) is 0 Å². The number of rotatable bonds is 1. The number of hydrogen-bond acceptors (Lipinski definition) is 3. The summed E-state index contributed by atoms with van der Waals surface area (Å²) >= 11 is 6.18. The molecule has 1 aromatic rings. The first-order valence-electron chi connectivity index (χ1n) is 2.37. The Hall–Kier alpha value is -0.290. The van der Waals surface area contributed by atoms with Crippen LogP contribution in [0.15, 0.2) is 15.4 Å². The van der Waals surface area contributed by atoms with Crippen molar-refractivity contribution in [2.75, 3.05) is 0 Å². The van der Waals surface area contributed by atoms with Gasteiger partial charge >= 0.3 is 0 Å². The Morgan fingerprint density at radius 2 is 2.20 bits per heavy atom. The average Bonchev–Trinajstić information content (AvgIpc) is 1.88. The number of nitrogens with zero attached hydrogens (tertiary/aromatic N) is 2. The molecule has 3 nitrogen and oxygen atoms in total. The molecule has 0 atom stereocenters. The Morgan fingerprint density at radius 3 is 2.70 bits per heavy atom. The Morgan fingerprint density at radius 1 is 1.50 bits per heavy atom. The van der Waals surface area contributed by atoms with Gasteiger partial charge in [0.2, 0.25) is 0 Å². The number of carbonyl (C=O) groups excluding carboxylic acids is 1. The van der Waals surface area contributed by atoms with Crippen LogP contribution in [-0.4, -0.2) is 16.3 Å². The standard InChI is InChI=1S/C5H2Br2N2O/c6-4-1-8-3(2-10)5(7)9-4/h1-2H. The molecular weight excluding hydrogens is 264 g/mol. The predicted octanol–water partition coefficient (Wildman–Crippen LogP) is 1.81. The van der Waals surface area contributed by atoms with E-state index >= 15 is 0 Å². The molecule has 0 aliphatic heterocycles. The molecule has 10 heavy (non-hydrogen) atoms. The molecule has 0 aliphatic carbocycles. The molecule has 0 amide bonds. The zero-order valence-corrected chi connectivity index (χ0v) is 7.89. The third-order valence-electron chi connectivity index (χ3n) is 0.838. The molecule has 0 aromatic carbocycles. The smallest absolute Gasteiger partial charge is 0.171 e. The molecule has 0 unspecified atom stereocenters. The van der Waals surface area contributed by atoms with Crippen molar-refractivity contribution >= 4 is 38.1 Å². The zero-order valence-electron chi connectivity index (χ0n) is 4.71. The first-order valence-corrected chi connectivity index (χ1v) is 3.96. The molecule has 0 radical (unpaired) electrons. The van der Waals surface area contributed by atoms with Crippen LogP contribution in [0.4, 0.5) is 0 Å². The second-order valence-corrected chi connectivity index (χ2v) is 3.05.